The van der Waals surface area contributed by atoms with Crippen LogP contribution in [-0.4, -0.2) is 68.3 Å². The number of hydrogen-bond donors (Lipinski definition) is 2. The summed E-state index contributed by atoms with van der Waals surface area (Å²) in [5.41, 5.74) is 5.52. The number of nitrogens with zero attached hydrogens (tertiary/aromatic N) is 6. The van der Waals surface area contributed by atoms with Crippen LogP contribution in [0.1, 0.15) is 25.7 Å². The molecule has 1 fully saturated rings. The highest BCUT2D eigenvalue weighted by Crippen LogP contribution is 2.10. The van der Waals surface area contributed by atoms with Crippen molar-refractivity contribution in [1.82, 2.24) is 24.6 Å². The molecular formula is C12H23N7O. The summed E-state index contributed by atoms with van der Waals surface area (Å²) in [6.45, 7) is 9.26. The highest BCUT2D eigenvalue weighted by atomic mass is 16.4. The lowest BCUT2D eigenvalue weighted by Gasteiger charge is -2.34. The summed E-state index contributed by atoms with van der Waals surface area (Å²) in [5.74, 6) is 1.27. The van der Waals surface area contributed by atoms with Crippen LogP contribution in [0.25, 0.3) is 0 Å². The van der Waals surface area contributed by atoms with Crippen LogP contribution in [0.4, 0.5) is 0 Å². The average molecular weight is 281 g/mol. The van der Waals surface area contributed by atoms with Crippen molar-refractivity contribution in [2.75, 3.05) is 32.7 Å². The van der Waals surface area contributed by atoms with Gasteiger partial charge in [0.25, 0.3) is 0 Å². The van der Waals surface area contributed by atoms with Gasteiger partial charge in [-0.2, -0.15) is 5.10 Å². The third kappa shape index (κ3) is 3.67. The van der Waals surface area contributed by atoms with Gasteiger partial charge in [-0.05, 0) is 13.8 Å². The van der Waals surface area contributed by atoms with Crippen molar-refractivity contribution >= 4 is 5.84 Å². The molecular weight excluding hydrogens is 258 g/mol. The van der Waals surface area contributed by atoms with E-state index in [1.54, 1.807) is 6.33 Å². The second-order valence-corrected chi connectivity index (χ2v) is 5.36. The van der Waals surface area contributed by atoms with Crippen LogP contribution < -0.4 is 5.73 Å². The Balaban J connectivity index is 1.84. The van der Waals surface area contributed by atoms with Crippen LogP contribution in [0.15, 0.2) is 11.5 Å². The first kappa shape index (κ1) is 14.7. The lowest BCUT2D eigenvalue weighted by molar-refractivity contribution is 0.134. The van der Waals surface area contributed by atoms with E-state index in [0.29, 0.717) is 12.6 Å². The Bertz CT molecular complexity index is 448. The first-order valence-corrected chi connectivity index (χ1v) is 6.89. The molecule has 112 valence electrons. The van der Waals surface area contributed by atoms with Gasteiger partial charge in [0.2, 0.25) is 0 Å². The van der Waals surface area contributed by atoms with E-state index < -0.39 is 0 Å². The van der Waals surface area contributed by atoms with Crippen LogP contribution in [0.3, 0.4) is 0 Å². The summed E-state index contributed by atoms with van der Waals surface area (Å²) in [6, 6.07) is 0.328. The molecule has 20 heavy (non-hydrogen) atoms. The maximum Gasteiger partial charge on any atom is 0.153 e. The molecule has 1 aromatic heterocycles. The zero-order valence-electron chi connectivity index (χ0n) is 12.1. The van der Waals surface area contributed by atoms with E-state index >= 15 is 0 Å². The summed E-state index contributed by atoms with van der Waals surface area (Å²) < 4.78 is 1.96. The summed E-state index contributed by atoms with van der Waals surface area (Å²) >= 11 is 0. The molecule has 0 atom stereocenters. The molecule has 8 nitrogen and oxygen atoms in total. The molecule has 0 spiro atoms. The molecule has 0 bridgehead atoms. The molecule has 0 aromatic carbocycles. The normalized spacial score (nSPS) is 18.9. The number of rotatable bonds is 5. The summed E-state index contributed by atoms with van der Waals surface area (Å²) in [6.07, 6.45) is 1.62. The van der Waals surface area contributed by atoms with Gasteiger partial charge in [-0.3, -0.25) is 9.80 Å². The standard InChI is InChI=1S/C12H23N7O/c1-10(2)19-12(14-9-15-19)8-18-5-3-17(4-6-18)7-11(13)16-20/h9-10,20H,3-8H2,1-2H3,(H2,13,16). The molecule has 0 unspecified atom stereocenters. The Morgan fingerprint density at radius 2 is 2.00 bits per heavy atom. The van der Waals surface area contributed by atoms with Gasteiger partial charge in [-0.25, -0.2) is 9.67 Å². The molecule has 1 saturated heterocycles. The van der Waals surface area contributed by atoms with Gasteiger partial charge in [0.1, 0.15) is 12.2 Å². The van der Waals surface area contributed by atoms with Crippen molar-refractivity contribution in [3.63, 3.8) is 0 Å². The van der Waals surface area contributed by atoms with E-state index in [1.165, 1.54) is 0 Å². The molecule has 8 heteroatoms. The van der Waals surface area contributed by atoms with Crippen LogP contribution in [0.5, 0.6) is 0 Å². The number of nitrogens with two attached hydrogens (primary N) is 1. The van der Waals surface area contributed by atoms with Gasteiger partial charge in [0, 0.05) is 32.2 Å². The van der Waals surface area contributed by atoms with Gasteiger partial charge in [-0.1, -0.05) is 5.16 Å². The van der Waals surface area contributed by atoms with Crippen molar-refractivity contribution in [2.24, 2.45) is 10.9 Å². The molecule has 1 aromatic rings. The largest absolute Gasteiger partial charge is 0.409 e. The minimum Gasteiger partial charge on any atom is -0.409 e. The number of aromatic nitrogens is 3. The Labute approximate surface area is 118 Å². The molecule has 1 aliphatic rings. The fourth-order valence-corrected chi connectivity index (χ4v) is 2.38. The fraction of sp³-hybridized carbons (Fsp3) is 0.750. The van der Waals surface area contributed by atoms with E-state index in [-0.39, 0.29) is 5.84 Å². The third-order valence-electron chi connectivity index (χ3n) is 3.48. The Hall–Kier alpha value is -1.67. The summed E-state index contributed by atoms with van der Waals surface area (Å²) in [4.78, 5) is 8.87. The number of hydrogen-bond acceptors (Lipinski definition) is 6. The molecule has 3 N–H and O–H groups in total. The SMILES string of the molecule is CC(C)n1ncnc1CN1CCN(CC(N)=NO)CC1. The molecule has 0 aliphatic carbocycles. The zero-order chi connectivity index (χ0) is 14.5. The van der Waals surface area contributed by atoms with Crippen molar-refractivity contribution in [1.29, 1.82) is 0 Å². The zero-order valence-corrected chi connectivity index (χ0v) is 12.1. The highest BCUT2D eigenvalue weighted by molar-refractivity contribution is 5.81. The second kappa shape index (κ2) is 6.67. The predicted molar refractivity (Wildman–Crippen MR) is 75.5 cm³/mol. The van der Waals surface area contributed by atoms with Gasteiger partial charge < -0.3 is 10.9 Å². The number of piperazine rings is 1. The van der Waals surface area contributed by atoms with Crippen molar-refractivity contribution < 1.29 is 5.21 Å². The van der Waals surface area contributed by atoms with Gasteiger partial charge >= 0.3 is 0 Å². The molecule has 0 saturated carbocycles. The Morgan fingerprint density at radius 1 is 1.35 bits per heavy atom. The average Bonchev–Trinajstić information content (AvgIpc) is 2.89. The smallest absolute Gasteiger partial charge is 0.153 e. The maximum atomic E-state index is 8.58. The van der Waals surface area contributed by atoms with E-state index in [0.717, 1.165) is 38.5 Å². The summed E-state index contributed by atoms with van der Waals surface area (Å²) in [7, 11) is 0. The highest BCUT2D eigenvalue weighted by Gasteiger charge is 2.19. The second-order valence-electron chi connectivity index (χ2n) is 5.36. The van der Waals surface area contributed by atoms with Gasteiger partial charge in [0.15, 0.2) is 5.84 Å². The monoisotopic (exact) mass is 281 g/mol. The number of amidine groups is 1. The van der Waals surface area contributed by atoms with Crippen LogP contribution in [0, 0.1) is 0 Å². The first-order valence-electron chi connectivity index (χ1n) is 6.89. The predicted octanol–water partition coefficient (Wildman–Crippen LogP) is -0.277. The third-order valence-corrected chi connectivity index (χ3v) is 3.48. The van der Waals surface area contributed by atoms with Crippen molar-refractivity contribution in [3.05, 3.63) is 12.2 Å². The van der Waals surface area contributed by atoms with Crippen LogP contribution in [0.2, 0.25) is 0 Å². The maximum absolute atomic E-state index is 8.58. The van der Waals surface area contributed by atoms with Gasteiger partial charge in [-0.15, -0.1) is 0 Å². The van der Waals surface area contributed by atoms with E-state index in [2.05, 4.69) is 38.9 Å². The fourth-order valence-electron chi connectivity index (χ4n) is 2.38. The van der Waals surface area contributed by atoms with Crippen molar-refractivity contribution in [3.8, 4) is 0 Å². The minimum atomic E-state index is 0.262. The Morgan fingerprint density at radius 3 is 2.60 bits per heavy atom. The summed E-state index contributed by atoms with van der Waals surface area (Å²) in [5, 5.41) is 15.8. The molecule has 2 rings (SSSR count). The molecule has 2 heterocycles. The molecule has 0 amide bonds. The van der Waals surface area contributed by atoms with Crippen LogP contribution in [-0.2, 0) is 6.54 Å². The Kier molecular flexibility index (Phi) is 4.91. The topological polar surface area (TPSA) is 95.8 Å². The van der Waals surface area contributed by atoms with E-state index in [4.69, 9.17) is 10.9 Å². The van der Waals surface area contributed by atoms with E-state index in [1.807, 2.05) is 4.68 Å². The molecule has 0 radical (unpaired) electrons. The lowest BCUT2D eigenvalue weighted by atomic mass is 10.3. The molecule has 1 aliphatic heterocycles. The van der Waals surface area contributed by atoms with Crippen molar-refractivity contribution in [2.45, 2.75) is 26.4 Å². The van der Waals surface area contributed by atoms with Gasteiger partial charge in [0.05, 0.1) is 13.1 Å². The first-order chi connectivity index (χ1) is 9.60. The minimum absolute atomic E-state index is 0.262. The lowest BCUT2D eigenvalue weighted by Crippen LogP contribution is -2.48. The van der Waals surface area contributed by atoms with Crippen LogP contribution >= 0.6 is 0 Å². The quantitative estimate of drug-likeness (QED) is 0.334. The number of oxime groups is 1. The van der Waals surface area contributed by atoms with E-state index in [9.17, 15) is 0 Å².